The van der Waals surface area contributed by atoms with Gasteiger partial charge in [-0.05, 0) is 214 Å². The van der Waals surface area contributed by atoms with Crippen molar-refractivity contribution in [1.29, 1.82) is 0 Å². The van der Waals surface area contributed by atoms with Crippen molar-refractivity contribution in [2.75, 3.05) is 0 Å². The molecule has 9 rings (SSSR count). The van der Waals surface area contributed by atoms with Crippen molar-refractivity contribution in [3.63, 3.8) is 0 Å². The Bertz CT molecular complexity index is 1710. The average Bonchev–Trinajstić information content (AvgIpc) is 3.76. The molecule has 0 bridgehead atoms. The predicted molar refractivity (Wildman–Crippen MR) is 248 cm³/mol. The fourth-order valence-corrected chi connectivity index (χ4v) is 20.5. The topological polar surface area (TPSA) is 46.5 Å². The molecule has 4 unspecified atom stereocenters. The van der Waals surface area contributed by atoms with Crippen molar-refractivity contribution in [3.05, 3.63) is 23.8 Å². The van der Waals surface area contributed by atoms with Crippen molar-refractivity contribution in [2.24, 2.45) is 103 Å². The third-order valence-electron chi connectivity index (χ3n) is 24.0. The second-order valence-corrected chi connectivity index (χ2v) is 26.8. The van der Waals surface area contributed by atoms with Crippen molar-refractivity contribution >= 4 is 5.97 Å². The van der Waals surface area contributed by atoms with Gasteiger partial charge in [-0.1, -0.05) is 112 Å². The van der Waals surface area contributed by atoms with Crippen LogP contribution in [0.3, 0.4) is 0 Å². The lowest BCUT2D eigenvalue weighted by atomic mass is 9.32. The molecule has 0 aliphatic heterocycles. The lowest BCUT2D eigenvalue weighted by molar-refractivity contribution is -0.249. The van der Waals surface area contributed by atoms with Gasteiger partial charge in [-0.25, -0.2) is 0 Å². The number of aliphatic hydroxyl groups excluding tert-OH is 1. The van der Waals surface area contributed by atoms with Gasteiger partial charge in [-0.3, -0.25) is 4.79 Å². The number of hydrogen-bond acceptors (Lipinski definition) is 3. The molecule has 8 saturated carbocycles. The molecule has 60 heavy (non-hydrogen) atoms. The van der Waals surface area contributed by atoms with E-state index in [1.165, 1.54) is 89.0 Å². The predicted octanol–water partition coefficient (Wildman–Crippen LogP) is 15.0. The van der Waals surface area contributed by atoms with E-state index in [2.05, 4.69) is 88.8 Å². The lowest BCUT2D eigenvalue weighted by Gasteiger charge is -2.72. The largest absolute Gasteiger partial charge is 0.462 e. The first kappa shape index (κ1) is 44.1. The minimum Gasteiger partial charge on any atom is -0.462 e. The Kier molecular flexibility index (Phi) is 11.0. The first-order chi connectivity index (χ1) is 28.2. The number of carbonyl (C=O) groups is 1. The number of ether oxygens (including phenoxy) is 1. The van der Waals surface area contributed by atoms with E-state index in [1.54, 1.807) is 5.57 Å². The SMILES string of the molecule is C=C(C)C1CC[C@]2(C(=O)O[C@@H]3CC[C@@]4(C)C(=CC[C@@H]5[C@@H]4CC[C@]4(C)C([C@H](C)CCCC(C)C)CC[C@@H]54)C3)CC[C@]3(C)[C@H](CC[C@@H]4[C@@]5(C)CC[C@H](O)C(C)(C)C5CC[C@]43C)C12. The van der Waals surface area contributed by atoms with Gasteiger partial charge < -0.3 is 9.84 Å². The van der Waals surface area contributed by atoms with Gasteiger partial charge in [-0.2, -0.15) is 0 Å². The summed E-state index contributed by atoms with van der Waals surface area (Å²) in [6.45, 7) is 32.4. The molecule has 1 N–H and O–H groups in total. The zero-order valence-electron chi connectivity index (χ0n) is 40.9. The molecule has 9 aliphatic carbocycles. The van der Waals surface area contributed by atoms with Crippen molar-refractivity contribution in [1.82, 2.24) is 0 Å². The van der Waals surface area contributed by atoms with E-state index in [9.17, 15) is 5.11 Å². The minimum atomic E-state index is -0.361. The van der Waals surface area contributed by atoms with E-state index in [4.69, 9.17) is 4.74 Å². The van der Waals surface area contributed by atoms with Gasteiger partial charge in [0.2, 0.25) is 0 Å². The van der Waals surface area contributed by atoms with Crippen LogP contribution in [0, 0.1) is 103 Å². The first-order valence-corrected chi connectivity index (χ1v) is 26.4. The Morgan fingerprint density at radius 3 is 2.22 bits per heavy atom. The fraction of sp³-hybridized carbons (Fsp3) is 0.912. The molecule has 0 amide bonds. The molecule has 18 atom stereocenters. The van der Waals surface area contributed by atoms with E-state index in [0.29, 0.717) is 35.0 Å². The monoisotopic (exact) mass is 825 g/mol. The number of hydrogen-bond donors (Lipinski definition) is 1. The fourth-order valence-electron chi connectivity index (χ4n) is 20.5. The zero-order chi connectivity index (χ0) is 43.0. The van der Waals surface area contributed by atoms with Crippen LogP contribution in [0.5, 0.6) is 0 Å². The smallest absolute Gasteiger partial charge is 0.312 e. The Balaban J connectivity index is 0.912. The van der Waals surface area contributed by atoms with Gasteiger partial charge in [0, 0.05) is 6.42 Å². The third kappa shape index (κ3) is 6.16. The van der Waals surface area contributed by atoms with Crippen LogP contribution < -0.4 is 0 Å². The summed E-state index contributed by atoms with van der Waals surface area (Å²) >= 11 is 0. The summed E-state index contributed by atoms with van der Waals surface area (Å²) in [4.78, 5) is 15.2. The van der Waals surface area contributed by atoms with Gasteiger partial charge in [0.25, 0.3) is 0 Å². The van der Waals surface area contributed by atoms with Crippen molar-refractivity contribution in [2.45, 2.75) is 223 Å². The molecule has 3 nitrogen and oxygen atoms in total. The Labute approximate surface area is 369 Å². The summed E-state index contributed by atoms with van der Waals surface area (Å²) in [7, 11) is 0. The number of aliphatic hydroxyl groups is 1. The van der Waals surface area contributed by atoms with Gasteiger partial charge in [0.05, 0.1) is 11.5 Å². The summed E-state index contributed by atoms with van der Waals surface area (Å²) in [5.74, 6) is 7.84. The van der Waals surface area contributed by atoms with E-state index in [1.807, 2.05) is 0 Å². The van der Waals surface area contributed by atoms with E-state index >= 15 is 4.79 Å². The van der Waals surface area contributed by atoms with Crippen molar-refractivity contribution in [3.8, 4) is 0 Å². The molecular formula is C57H92O3. The van der Waals surface area contributed by atoms with Crippen LogP contribution in [0.25, 0.3) is 0 Å². The molecule has 0 heterocycles. The summed E-state index contributed by atoms with van der Waals surface area (Å²) in [5, 5.41) is 11.2. The quantitative estimate of drug-likeness (QED) is 0.196. The van der Waals surface area contributed by atoms with Crippen LogP contribution in [0.1, 0.15) is 211 Å². The normalized spacial score (nSPS) is 52.0. The van der Waals surface area contributed by atoms with Crippen LogP contribution in [-0.4, -0.2) is 23.3 Å². The number of carbonyl (C=O) groups excluding carboxylic acids is 1. The summed E-state index contributed by atoms with van der Waals surface area (Å²) in [6.07, 6.45) is 28.3. The maximum Gasteiger partial charge on any atom is 0.312 e. The second kappa shape index (κ2) is 15.0. The molecule has 0 aromatic carbocycles. The summed E-state index contributed by atoms with van der Waals surface area (Å²) in [6, 6.07) is 0. The first-order valence-electron chi connectivity index (χ1n) is 26.4. The van der Waals surface area contributed by atoms with Gasteiger partial charge in [0.1, 0.15) is 6.10 Å². The van der Waals surface area contributed by atoms with Crippen LogP contribution in [0.15, 0.2) is 23.8 Å². The lowest BCUT2D eigenvalue weighted by Crippen LogP contribution is -2.67. The Hall–Kier alpha value is -1.09. The van der Waals surface area contributed by atoms with Gasteiger partial charge >= 0.3 is 5.97 Å². The molecule has 338 valence electrons. The molecule has 0 aromatic rings. The number of fused-ring (bicyclic) bond motifs is 12. The molecule has 0 radical (unpaired) electrons. The van der Waals surface area contributed by atoms with Crippen LogP contribution in [-0.2, 0) is 9.53 Å². The van der Waals surface area contributed by atoms with Crippen molar-refractivity contribution < 1.29 is 14.6 Å². The standard InChI is InChI=1S/C57H92O3/c1-35(2)14-13-15-37(5)42-18-19-43-41-17-16-38-34-39(22-27-52(38,8)44(41)24-28-53(42,43)9)60-50(59)57-31-23-40(36(3)4)49(57)45-20-21-47-54(10)29-26-48(58)51(6,7)46(54)25-30-56(47,12)55(45,11)32-33-57/h16,35,37,39-49,58H,3,13-15,17-34H2,1-2,4-12H3/t37-,39-,40?,41+,42?,43+,44+,45-,46?,47-,48+,49?,52+,53-,54+,55-,56-,57+/m1/s1. The van der Waals surface area contributed by atoms with Crippen LogP contribution in [0.4, 0.5) is 0 Å². The Morgan fingerprint density at radius 2 is 1.48 bits per heavy atom. The molecule has 9 aliphatic rings. The van der Waals surface area contributed by atoms with E-state index < -0.39 is 0 Å². The highest BCUT2D eigenvalue weighted by atomic mass is 16.5. The highest BCUT2D eigenvalue weighted by Crippen LogP contribution is 2.78. The zero-order valence-corrected chi connectivity index (χ0v) is 40.9. The van der Waals surface area contributed by atoms with Crippen LogP contribution in [0.2, 0.25) is 0 Å². The third-order valence-corrected chi connectivity index (χ3v) is 24.0. The average molecular weight is 825 g/mol. The maximum absolute atomic E-state index is 15.2. The van der Waals surface area contributed by atoms with E-state index in [0.717, 1.165) is 86.9 Å². The van der Waals surface area contributed by atoms with Gasteiger partial charge in [0.15, 0.2) is 0 Å². The summed E-state index contributed by atoms with van der Waals surface area (Å²) in [5.41, 5.74) is 4.08. The second-order valence-electron chi connectivity index (χ2n) is 26.8. The van der Waals surface area contributed by atoms with Crippen LogP contribution >= 0.6 is 0 Å². The molecule has 0 aromatic heterocycles. The highest BCUT2D eigenvalue weighted by Gasteiger charge is 2.72. The molecule has 3 heteroatoms. The molecule has 0 saturated heterocycles. The number of rotatable bonds is 8. The maximum atomic E-state index is 15.2. The molecule has 8 fully saturated rings. The van der Waals surface area contributed by atoms with E-state index in [-0.39, 0.29) is 50.7 Å². The van der Waals surface area contributed by atoms with Gasteiger partial charge in [-0.15, -0.1) is 0 Å². The summed E-state index contributed by atoms with van der Waals surface area (Å²) < 4.78 is 7.00. The molecular weight excluding hydrogens is 733 g/mol. The Morgan fingerprint density at radius 1 is 0.750 bits per heavy atom. The highest BCUT2D eigenvalue weighted by molar-refractivity contribution is 5.78. The molecule has 0 spiro atoms. The minimum absolute atomic E-state index is 0.0252. The number of esters is 1. The number of allylic oxidation sites excluding steroid dienone is 2.